The van der Waals surface area contributed by atoms with Gasteiger partial charge in [0.1, 0.15) is 9.84 Å². The van der Waals surface area contributed by atoms with Crippen LogP contribution in [0.4, 0.5) is 0 Å². The number of carbonyl (C=O) groups is 1. The molecule has 0 atom stereocenters. The molecule has 0 aromatic rings. The Morgan fingerprint density at radius 3 is 2.15 bits per heavy atom. The molecule has 9 heteroatoms. The summed E-state index contributed by atoms with van der Waals surface area (Å²) < 4.78 is 52.2. The minimum Gasteiger partial charge on any atom is -0.466 e. The maximum atomic E-state index is 12.0. The van der Waals surface area contributed by atoms with E-state index >= 15 is 0 Å². The van der Waals surface area contributed by atoms with Crippen LogP contribution in [0.25, 0.3) is 0 Å². The third-order valence-corrected chi connectivity index (χ3v) is 6.26. The molecule has 0 spiro atoms. The molecule has 7 nitrogen and oxygen atoms in total. The number of hydrogen-bond donors (Lipinski definition) is 0. The molecule has 1 rings (SSSR count). The average Bonchev–Trinajstić information content (AvgIpc) is 2.36. The molecule has 0 aromatic heterocycles. The van der Waals surface area contributed by atoms with Gasteiger partial charge in [-0.2, -0.15) is 0 Å². The van der Waals surface area contributed by atoms with Gasteiger partial charge in [-0.05, 0) is 19.8 Å². The van der Waals surface area contributed by atoms with Crippen LogP contribution in [0, 0.1) is 5.92 Å². The van der Waals surface area contributed by atoms with Crippen LogP contribution in [0.5, 0.6) is 0 Å². The number of sulfonamides is 1. The fourth-order valence-corrected chi connectivity index (χ4v) is 5.09. The summed E-state index contributed by atoms with van der Waals surface area (Å²) in [4.78, 5) is 11.5. The smallest absolute Gasteiger partial charge is 0.309 e. The van der Waals surface area contributed by atoms with Crippen LogP contribution in [0.1, 0.15) is 19.8 Å². The molecular formula is C11H21NO6S2. The molecule has 118 valence electrons. The van der Waals surface area contributed by atoms with Gasteiger partial charge >= 0.3 is 5.97 Å². The fraction of sp³-hybridized carbons (Fsp3) is 0.909. The number of esters is 1. The van der Waals surface area contributed by atoms with E-state index in [1.807, 2.05) is 0 Å². The first-order valence-corrected chi connectivity index (χ1v) is 10.1. The van der Waals surface area contributed by atoms with E-state index in [2.05, 4.69) is 0 Å². The maximum absolute atomic E-state index is 12.0. The van der Waals surface area contributed by atoms with Crippen molar-refractivity contribution in [3.05, 3.63) is 0 Å². The fourth-order valence-electron chi connectivity index (χ4n) is 2.02. The van der Waals surface area contributed by atoms with Crippen LogP contribution in [-0.4, -0.2) is 64.6 Å². The zero-order chi connectivity index (χ0) is 15.4. The van der Waals surface area contributed by atoms with Gasteiger partial charge in [-0.3, -0.25) is 4.79 Å². The lowest BCUT2D eigenvalue weighted by atomic mass is 9.98. The second kappa shape index (κ2) is 6.86. The van der Waals surface area contributed by atoms with Gasteiger partial charge in [0, 0.05) is 19.3 Å². The van der Waals surface area contributed by atoms with E-state index < -0.39 is 25.6 Å². The Morgan fingerprint density at radius 1 is 1.15 bits per heavy atom. The Hall–Kier alpha value is -0.670. The summed E-state index contributed by atoms with van der Waals surface area (Å²) >= 11 is 0. The van der Waals surface area contributed by atoms with Crippen molar-refractivity contribution >= 4 is 25.8 Å². The number of rotatable bonds is 6. The molecule has 20 heavy (non-hydrogen) atoms. The lowest BCUT2D eigenvalue weighted by Crippen LogP contribution is -2.42. The van der Waals surface area contributed by atoms with Crippen molar-refractivity contribution in [2.24, 2.45) is 5.92 Å². The molecule has 1 heterocycles. The van der Waals surface area contributed by atoms with Crippen molar-refractivity contribution in [3.63, 3.8) is 0 Å². The van der Waals surface area contributed by atoms with E-state index in [-0.39, 0.29) is 30.7 Å². The molecule has 0 unspecified atom stereocenters. The van der Waals surface area contributed by atoms with Crippen molar-refractivity contribution < 1.29 is 26.4 Å². The molecule has 0 amide bonds. The predicted octanol–water partition coefficient (Wildman–Crippen LogP) is -0.364. The van der Waals surface area contributed by atoms with E-state index in [0.29, 0.717) is 19.4 Å². The minimum absolute atomic E-state index is 0.232. The van der Waals surface area contributed by atoms with E-state index in [1.165, 1.54) is 4.31 Å². The molecule has 1 aliphatic heterocycles. The first-order chi connectivity index (χ1) is 9.15. The zero-order valence-electron chi connectivity index (χ0n) is 11.7. The zero-order valence-corrected chi connectivity index (χ0v) is 13.4. The number of sulfone groups is 1. The number of piperidine rings is 1. The molecule has 0 radical (unpaired) electrons. The largest absolute Gasteiger partial charge is 0.466 e. The van der Waals surface area contributed by atoms with E-state index in [9.17, 15) is 21.6 Å². The third kappa shape index (κ3) is 5.37. The summed E-state index contributed by atoms with van der Waals surface area (Å²) in [6.45, 7) is 2.50. The van der Waals surface area contributed by atoms with Crippen molar-refractivity contribution in [1.29, 1.82) is 0 Å². The normalized spacial score (nSPS) is 18.9. The summed E-state index contributed by atoms with van der Waals surface area (Å²) in [6, 6.07) is 0. The monoisotopic (exact) mass is 327 g/mol. The first kappa shape index (κ1) is 17.4. The van der Waals surface area contributed by atoms with Gasteiger partial charge in [-0.15, -0.1) is 0 Å². The second-order valence-electron chi connectivity index (χ2n) is 4.87. The van der Waals surface area contributed by atoms with Crippen molar-refractivity contribution in [1.82, 2.24) is 4.31 Å². The lowest BCUT2D eigenvalue weighted by Gasteiger charge is -2.29. The molecule has 0 aliphatic carbocycles. The van der Waals surface area contributed by atoms with Gasteiger partial charge in [0.05, 0.1) is 24.0 Å². The quantitative estimate of drug-likeness (QED) is 0.618. The average molecular weight is 327 g/mol. The van der Waals surface area contributed by atoms with E-state index in [1.54, 1.807) is 6.92 Å². The van der Waals surface area contributed by atoms with Gasteiger partial charge in [-0.25, -0.2) is 21.1 Å². The number of nitrogens with zero attached hydrogens (tertiary/aromatic N) is 1. The van der Waals surface area contributed by atoms with Gasteiger partial charge in [-0.1, -0.05) is 0 Å². The van der Waals surface area contributed by atoms with Crippen molar-refractivity contribution in [3.8, 4) is 0 Å². The van der Waals surface area contributed by atoms with Gasteiger partial charge in [0.25, 0.3) is 0 Å². The second-order valence-corrected chi connectivity index (χ2v) is 9.22. The summed E-state index contributed by atoms with van der Waals surface area (Å²) in [5.74, 6) is -1.35. The third-order valence-electron chi connectivity index (χ3n) is 3.18. The highest BCUT2D eigenvalue weighted by molar-refractivity contribution is 7.93. The lowest BCUT2D eigenvalue weighted by molar-refractivity contribution is -0.149. The number of hydrogen-bond acceptors (Lipinski definition) is 6. The van der Waals surface area contributed by atoms with Gasteiger partial charge in [0.2, 0.25) is 10.0 Å². The maximum Gasteiger partial charge on any atom is 0.309 e. The molecule has 0 N–H and O–H groups in total. The molecule has 0 bridgehead atoms. The van der Waals surface area contributed by atoms with Crippen LogP contribution < -0.4 is 0 Å². The Morgan fingerprint density at radius 2 is 1.70 bits per heavy atom. The van der Waals surface area contributed by atoms with Crippen LogP contribution in [0.2, 0.25) is 0 Å². The Balaban J connectivity index is 2.54. The standard InChI is InChI=1S/C11H21NO6S2/c1-3-18-11(13)10-4-6-12(7-5-10)20(16,17)9-8-19(2,14)15/h10H,3-9H2,1-2H3. The minimum atomic E-state index is -3.58. The van der Waals surface area contributed by atoms with Crippen LogP contribution in [-0.2, 0) is 29.4 Å². The Bertz CT molecular complexity index is 531. The van der Waals surface area contributed by atoms with Gasteiger partial charge in [0.15, 0.2) is 0 Å². The molecule has 1 fully saturated rings. The summed E-state index contributed by atoms with van der Waals surface area (Å²) in [6.07, 6.45) is 1.84. The number of carbonyl (C=O) groups excluding carboxylic acids is 1. The topological polar surface area (TPSA) is 97.8 Å². The Kier molecular flexibility index (Phi) is 5.96. The van der Waals surface area contributed by atoms with Gasteiger partial charge < -0.3 is 4.74 Å². The highest BCUT2D eigenvalue weighted by Crippen LogP contribution is 2.21. The first-order valence-electron chi connectivity index (χ1n) is 6.48. The summed E-state index contributed by atoms with van der Waals surface area (Å²) in [5.41, 5.74) is 0. The van der Waals surface area contributed by atoms with Crippen LogP contribution >= 0.6 is 0 Å². The molecular weight excluding hydrogens is 306 g/mol. The van der Waals surface area contributed by atoms with E-state index in [4.69, 9.17) is 4.74 Å². The van der Waals surface area contributed by atoms with Crippen LogP contribution in [0.15, 0.2) is 0 Å². The summed E-state index contributed by atoms with van der Waals surface area (Å²) in [5, 5.41) is 0. The van der Waals surface area contributed by atoms with E-state index in [0.717, 1.165) is 6.26 Å². The highest BCUT2D eigenvalue weighted by Gasteiger charge is 2.31. The van der Waals surface area contributed by atoms with Crippen molar-refractivity contribution in [2.75, 3.05) is 37.5 Å². The number of ether oxygens (including phenoxy) is 1. The predicted molar refractivity (Wildman–Crippen MR) is 74.4 cm³/mol. The molecule has 0 saturated carbocycles. The summed E-state index contributed by atoms with van der Waals surface area (Å²) in [7, 11) is -6.88. The molecule has 0 aromatic carbocycles. The van der Waals surface area contributed by atoms with Crippen molar-refractivity contribution in [2.45, 2.75) is 19.8 Å². The van der Waals surface area contributed by atoms with Crippen LogP contribution in [0.3, 0.4) is 0 Å². The molecule has 1 saturated heterocycles. The Labute approximate surface area is 120 Å². The SMILES string of the molecule is CCOC(=O)C1CCN(S(=O)(=O)CCS(C)(=O)=O)CC1. The highest BCUT2D eigenvalue weighted by atomic mass is 32.2. The molecule has 1 aliphatic rings.